The average Bonchev–Trinajstić information content (AvgIpc) is 2.52. The zero-order chi connectivity index (χ0) is 15.2. The van der Waals surface area contributed by atoms with Gasteiger partial charge in [0, 0.05) is 29.8 Å². The van der Waals surface area contributed by atoms with E-state index in [1.807, 2.05) is 49.4 Å². The van der Waals surface area contributed by atoms with E-state index in [1.165, 1.54) is 7.11 Å². The second-order valence-electron chi connectivity index (χ2n) is 5.01. The van der Waals surface area contributed by atoms with E-state index in [9.17, 15) is 4.79 Å². The third kappa shape index (κ3) is 3.78. The van der Waals surface area contributed by atoms with Crippen molar-refractivity contribution in [2.45, 2.75) is 19.3 Å². The fourth-order valence-electron chi connectivity index (χ4n) is 2.32. The van der Waals surface area contributed by atoms with Crippen molar-refractivity contribution < 1.29 is 9.53 Å². The first-order chi connectivity index (χ1) is 10.1. The smallest absolute Gasteiger partial charge is 0.333 e. The van der Waals surface area contributed by atoms with Gasteiger partial charge in [-0.05, 0) is 30.2 Å². The Bertz CT molecular complexity index is 635. The number of methoxy groups -OCH3 is 1. The molecule has 21 heavy (non-hydrogen) atoms. The number of ether oxygens (including phenoxy) is 1. The van der Waals surface area contributed by atoms with E-state index >= 15 is 0 Å². The maximum atomic E-state index is 11.8. The monoisotopic (exact) mass is 281 g/mol. The van der Waals surface area contributed by atoms with Gasteiger partial charge in [-0.15, -0.1) is 0 Å². The van der Waals surface area contributed by atoms with Gasteiger partial charge >= 0.3 is 5.97 Å². The molecule has 1 aromatic heterocycles. The zero-order valence-corrected chi connectivity index (χ0v) is 12.4. The molecule has 0 bridgehead atoms. The highest BCUT2D eigenvalue weighted by molar-refractivity contribution is 5.89. The summed E-state index contributed by atoms with van der Waals surface area (Å²) in [5.74, 6) is -0.510. The van der Waals surface area contributed by atoms with Gasteiger partial charge in [-0.2, -0.15) is 0 Å². The van der Waals surface area contributed by atoms with Crippen LogP contribution in [0, 0.1) is 6.92 Å². The van der Waals surface area contributed by atoms with Crippen molar-refractivity contribution in [3.05, 3.63) is 77.6 Å². The Kier molecular flexibility index (Phi) is 4.88. The third-order valence-electron chi connectivity index (χ3n) is 3.46. The Morgan fingerprint density at radius 3 is 2.62 bits per heavy atom. The minimum absolute atomic E-state index is 0.132. The Hall–Kier alpha value is -2.42. The molecule has 0 spiro atoms. The largest absolute Gasteiger partial charge is 0.466 e. The third-order valence-corrected chi connectivity index (χ3v) is 3.46. The SMILES string of the molecule is C=C(C(=O)OC)C(Cc1cc(C)ccn1)c1ccccc1. The number of pyridine rings is 1. The fraction of sp³-hybridized carbons (Fsp3) is 0.222. The number of aryl methyl sites for hydroxylation is 1. The van der Waals surface area contributed by atoms with E-state index in [2.05, 4.69) is 11.6 Å². The normalized spacial score (nSPS) is 11.7. The molecular weight excluding hydrogens is 262 g/mol. The Labute approximate surface area is 125 Å². The molecule has 1 atom stereocenters. The van der Waals surface area contributed by atoms with Gasteiger partial charge in [0.05, 0.1) is 7.11 Å². The van der Waals surface area contributed by atoms with E-state index in [0.717, 1.165) is 16.8 Å². The summed E-state index contributed by atoms with van der Waals surface area (Å²) in [4.78, 5) is 16.2. The van der Waals surface area contributed by atoms with E-state index in [1.54, 1.807) is 6.20 Å². The van der Waals surface area contributed by atoms with Crippen molar-refractivity contribution in [1.82, 2.24) is 4.98 Å². The lowest BCUT2D eigenvalue weighted by molar-refractivity contribution is -0.136. The van der Waals surface area contributed by atoms with Crippen LogP contribution in [0.3, 0.4) is 0 Å². The summed E-state index contributed by atoms with van der Waals surface area (Å²) in [5.41, 5.74) is 3.58. The maximum Gasteiger partial charge on any atom is 0.333 e. The van der Waals surface area contributed by atoms with Crippen LogP contribution < -0.4 is 0 Å². The molecule has 0 aliphatic heterocycles. The number of aromatic nitrogens is 1. The predicted octanol–water partition coefficient (Wildman–Crippen LogP) is 3.45. The minimum Gasteiger partial charge on any atom is -0.466 e. The predicted molar refractivity (Wildman–Crippen MR) is 83.0 cm³/mol. The molecule has 0 radical (unpaired) electrons. The van der Waals surface area contributed by atoms with Crippen LogP contribution in [0.4, 0.5) is 0 Å². The lowest BCUT2D eigenvalue weighted by Crippen LogP contribution is -2.15. The summed E-state index contributed by atoms with van der Waals surface area (Å²) in [6.07, 6.45) is 2.41. The Morgan fingerprint density at radius 2 is 2.00 bits per heavy atom. The Balaban J connectivity index is 2.32. The molecule has 2 aromatic rings. The van der Waals surface area contributed by atoms with Crippen LogP contribution in [0.2, 0.25) is 0 Å². The van der Waals surface area contributed by atoms with Crippen molar-refractivity contribution in [2.24, 2.45) is 0 Å². The van der Waals surface area contributed by atoms with Crippen LogP contribution in [-0.2, 0) is 16.0 Å². The van der Waals surface area contributed by atoms with Gasteiger partial charge in [0.25, 0.3) is 0 Å². The van der Waals surface area contributed by atoms with Crippen LogP contribution in [0.1, 0.15) is 22.7 Å². The van der Waals surface area contributed by atoms with E-state index in [0.29, 0.717) is 12.0 Å². The van der Waals surface area contributed by atoms with Gasteiger partial charge in [0.15, 0.2) is 0 Å². The molecule has 1 heterocycles. The Morgan fingerprint density at radius 1 is 1.29 bits per heavy atom. The molecule has 0 saturated heterocycles. The second-order valence-corrected chi connectivity index (χ2v) is 5.01. The van der Waals surface area contributed by atoms with Crippen LogP contribution in [-0.4, -0.2) is 18.1 Å². The highest BCUT2D eigenvalue weighted by atomic mass is 16.5. The summed E-state index contributed by atoms with van der Waals surface area (Å²) >= 11 is 0. The zero-order valence-electron chi connectivity index (χ0n) is 12.4. The summed E-state index contributed by atoms with van der Waals surface area (Å²) in [6.45, 7) is 5.94. The van der Waals surface area contributed by atoms with Crippen molar-refractivity contribution >= 4 is 5.97 Å². The molecular formula is C18H19NO2. The number of hydrogen-bond donors (Lipinski definition) is 0. The standard InChI is InChI=1S/C18H19NO2/c1-13-9-10-19-16(11-13)12-17(14(2)18(20)21-3)15-7-5-4-6-8-15/h4-11,17H,2,12H2,1,3H3. The van der Waals surface area contributed by atoms with Crippen molar-refractivity contribution in [2.75, 3.05) is 7.11 Å². The molecule has 0 fully saturated rings. The number of nitrogens with zero attached hydrogens (tertiary/aromatic N) is 1. The van der Waals surface area contributed by atoms with E-state index in [-0.39, 0.29) is 11.9 Å². The molecule has 1 aromatic carbocycles. The lowest BCUT2D eigenvalue weighted by Gasteiger charge is -2.18. The van der Waals surface area contributed by atoms with Crippen LogP contribution >= 0.6 is 0 Å². The fourth-order valence-corrected chi connectivity index (χ4v) is 2.32. The van der Waals surface area contributed by atoms with E-state index in [4.69, 9.17) is 4.74 Å². The molecule has 0 N–H and O–H groups in total. The van der Waals surface area contributed by atoms with Crippen LogP contribution in [0.5, 0.6) is 0 Å². The number of rotatable bonds is 5. The summed E-state index contributed by atoms with van der Waals surface area (Å²) in [7, 11) is 1.38. The van der Waals surface area contributed by atoms with Gasteiger partial charge in [0.1, 0.15) is 0 Å². The van der Waals surface area contributed by atoms with Crippen molar-refractivity contribution in [3.63, 3.8) is 0 Å². The number of carbonyl (C=O) groups excluding carboxylic acids is 1. The molecule has 0 amide bonds. The second kappa shape index (κ2) is 6.84. The van der Waals surface area contributed by atoms with Crippen LogP contribution in [0.25, 0.3) is 0 Å². The number of carbonyl (C=O) groups is 1. The first kappa shape index (κ1) is 15.0. The van der Waals surface area contributed by atoms with E-state index < -0.39 is 0 Å². The van der Waals surface area contributed by atoms with Crippen LogP contribution in [0.15, 0.2) is 60.8 Å². The summed E-state index contributed by atoms with van der Waals surface area (Å²) in [6, 6.07) is 13.8. The molecule has 108 valence electrons. The number of esters is 1. The molecule has 0 aliphatic carbocycles. The topological polar surface area (TPSA) is 39.2 Å². The average molecular weight is 281 g/mol. The van der Waals surface area contributed by atoms with Gasteiger partial charge in [-0.1, -0.05) is 36.9 Å². The molecule has 2 rings (SSSR count). The van der Waals surface area contributed by atoms with Gasteiger partial charge in [-0.25, -0.2) is 4.79 Å². The number of hydrogen-bond acceptors (Lipinski definition) is 3. The first-order valence-corrected chi connectivity index (χ1v) is 6.85. The van der Waals surface area contributed by atoms with Gasteiger partial charge in [-0.3, -0.25) is 4.98 Å². The molecule has 1 unspecified atom stereocenters. The van der Waals surface area contributed by atoms with Gasteiger partial charge < -0.3 is 4.74 Å². The van der Waals surface area contributed by atoms with Crippen molar-refractivity contribution in [3.8, 4) is 0 Å². The maximum absolute atomic E-state index is 11.8. The highest BCUT2D eigenvalue weighted by Crippen LogP contribution is 2.27. The lowest BCUT2D eigenvalue weighted by atomic mass is 9.87. The molecule has 3 heteroatoms. The first-order valence-electron chi connectivity index (χ1n) is 6.85. The highest BCUT2D eigenvalue weighted by Gasteiger charge is 2.22. The molecule has 3 nitrogen and oxygen atoms in total. The quantitative estimate of drug-likeness (QED) is 0.622. The molecule has 0 saturated carbocycles. The van der Waals surface area contributed by atoms with Gasteiger partial charge in [0.2, 0.25) is 0 Å². The number of benzene rings is 1. The van der Waals surface area contributed by atoms with Crippen molar-refractivity contribution in [1.29, 1.82) is 0 Å². The molecule has 0 aliphatic rings. The summed E-state index contributed by atoms with van der Waals surface area (Å²) in [5, 5.41) is 0. The summed E-state index contributed by atoms with van der Waals surface area (Å²) < 4.78 is 4.82. The minimum atomic E-state index is -0.378.